The smallest absolute Gasteiger partial charge is 0.286 e. The van der Waals surface area contributed by atoms with Crippen molar-refractivity contribution in [2.75, 3.05) is 7.11 Å². The molecule has 5 nitrogen and oxygen atoms in total. The summed E-state index contributed by atoms with van der Waals surface area (Å²) in [4.78, 5) is 20.8. The van der Waals surface area contributed by atoms with E-state index in [-0.39, 0.29) is 16.3 Å². The van der Waals surface area contributed by atoms with Gasteiger partial charge in [0.2, 0.25) is 0 Å². The maximum atomic E-state index is 10.9. The Morgan fingerprint density at radius 3 is 2.53 bits per heavy atom. The SMILES string of the molecule is COc1cc(Cl)c(C(=O)Cl)c([N+](=O)[O-])c1. The molecule has 0 aliphatic carbocycles. The first-order valence-electron chi connectivity index (χ1n) is 3.69. The van der Waals surface area contributed by atoms with Gasteiger partial charge in [-0.25, -0.2) is 0 Å². The van der Waals surface area contributed by atoms with E-state index >= 15 is 0 Å². The van der Waals surface area contributed by atoms with E-state index in [1.165, 1.54) is 13.2 Å². The van der Waals surface area contributed by atoms with Crippen LogP contribution >= 0.6 is 23.2 Å². The molecule has 15 heavy (non-hydrogen) atoms. The Labute approximate surface area is 94.7 Å². The zero-order chi connectivity index (χ0) is 11.6. The van der Waals surface area contributed by atoms with Crippen LogP contribution in [0, 0.1) is 10.1 Å². The number of benzene rings is 1. The molecule has 80 valence electrons. The van der Waals surface area contributed by atoms with Gasteiger partial charge in [-0.1, -0.05) is 11.6 Å². The lowest BCUT2D eigenvalue weighted by molar-refractivity contribution is -0.385. The number of hydrogen-bond acceptors (Lipinski definition) is 4. The summed E-state index contributed by atoms with van der Waals surface area (Å²) in [5, 5.41) is 9.54. The molecule has 0 saturated carbocycles. The summed E-state index contributed by atoms with van der Waals surface area (Å²) < 4.78 is 4.78. The Bertz CT molecular complexity index is 433. The molecule has 1 rings (SSSR count). The monoisotopic (exact) mass is 249 g/mol. The van der Waals surface area contributed by atoms with Crippen LogP contribution in [0.5, 0.6) is 5.75 Å². The highest BCUT2D eigenvalue weighted by Crippen LogP contribution is 2.32. The van der Waals surface area contributed by atoms with E-state index in [0.717, 1.165) is 6.07 Å². The molecule has 0 aromatic heterocycles. The zero-order valence-corrected chi connectivity index (χ0v) is 9.00. The molecule has 0 saturated heterocycles. The summed E-state index contributed by atoms with van der Waals surface area (Å²) in [6.45, 7) is 0. The molecule has 0 aliphatic heterocycles. The number of ether oxygens (including phenoxy) is 1. The number of halogens is 2. The summed E-state index contributed by atoms with van der Waals surface area (Å²) >= 11 is 10.8. The van der Waals surface area contributed by atoms with Crippen LogP contribution in [0.25, 0.3) is 0 Å². The number of nitro benzene ring substituents is 1. The molecule has 0 radical (unpaired) electrons. The van der Waals surface area contributed by atoms with Crippen molar-refractivity contribution in [3.63, 3.8) is 0 Å². The molecule has 0 heterocycles. The van der Waals surface area contributed by atoms with Crippen LogP contribution in [0.15, 0.2) is 12.1 Å². The van der Waals surface area contributed by atoms with E-state index in [1.54, 1.807) is 0 Å². The predicted octanol–water partition coefficient (Wildman–Crippen LogP) is 2.64. The minimum atomic E-state index is -0.977. The third-order valence-electron chi connectivity index (χ3n) is 1.67. The normalized spacial score (nSPS) is 9.80. The molecule has 0 amide bonds. The number of nitro groups is 1. The molecule has 1 aromatic carbocycles. The van der Waals surface area contributed by atoms with Crippen molar-refractivity contribution in [2.45, 2.75) is 0 Å². The van der Waals surface area contributed by atoms with Gasteiger partial charge in [0, 0.05) is 6.07 Å². The van der Waals surface area contributed by atoms with E-state index < -0.39 is 15.9 Å². The molecule has 0 atom stereocenters. The quantitative estimate of drug-likeness (QED) is 0.469. The first-order chi connectivity index (χ1) is 6.97. The van der Waals surface area contributed by atoms with Crippen molar-refractivity contribution < 1.29 is 14.5 Å². The summed E-state index contributed by atoms with van der Waals surface area (Å²) in [6, 6.07) is 2.37. The lowest BCUT2D eigenvalue weighted by Crippen LogP contribution is -2.00. The highest BCUT2D eigenvalue weighted by Gasteiger charge is 2.23. The predicted molar refractivity (Wildman–Crippen MR) is 54.8 cm³/mol. The van der Waals surface area contributed by atoms with Gasteiger partial charge < -0.3 is 4.74 Å². The molecule has 0 N–H and O–H groups in total. The summed E-state index contributed by atoms with van der Waals surface area (Å²) in [7, 11) is 1.33. The lowest BCUT2D eigenvalue weighted by Gasteiger charge is -2.04. The second-order valence-corrected chi connectivity index (χ2v) is 3.28. The van der Waals surface area contributed by atoms with Crippen LogP contribution in [0.3, 0.4) is 0 Å². The van der Waals surface area contributed by atoms with E-state index in [9.17, 15) is 14.9 Å². The number of hydrogen-bond donors (Lipinski definition) is 0. The minimum Gasteiger partial charge on any atom is -0.496 e. The number of carbonyl (C=O) groups is 1. The second-order valence-electron chi connectivity index (χ2n) is 2.53. The van der Waals surface area contributed by atoms with Crippen LogP contribution in [-0.4, -0.2) is 17.3 Å². The van der Waals surface area contributed by atoms with Gasteiger partial charge in [-0.3, -0.25) is 14.9 Å². The molecule has 0 unspecified atom stereocenters. The van der Waals surface area contributed by atoms with Gasteiger partial charge in [0.25, 0.3) is 10.9 Å². The first kappa shape index (κ1) is 11.7. The van der Waals surface area contributed by atoms with Gasteiger partial charge in [-0.05, 0) is 11.6 Å². The highest BCUT2D eigenvalue weighted by molar-refractivity contribution is 6.69. The van der Waals surface area contributed by atoms with Crippen LogP contribution in [0.4, 0.5) is 5.69 Å². The summed E-state index contributed by atoms with van der Waals surface area (Å²) in [5.74, 6) is 0.188. The standard InChI is InChI=1S/C8H5Cl2NO4/c1-15-4-2-5(9)7(8(10)12)6(3-4)11(13)14/h2-3H,1H3. The fourth-order valence-corrected chi connectivity index (χ4v) is 1.56. The van der Waals surface area contributed by atoms with Gasteiger partial charge in [0.1, 0.15) is 11.3 Å². The van der Waals surface area contributed by atoms with Crippen LogP contribution in [-0.2, 0) is 0 Å². The second kappa shape index (κ2) is 4.46. The Morgan fingerprint density at radius 2 is 2.13 bits per heavy atom. The van der Waals surface area contributed by atoms with Gasteiger partial charge in [0.05, 0.1) is 23.1 Å². The topological polar surface area (TPSA) is 69.4 Å². The Kier molecular flexibility index (Phi) is 3.49. The molecular formula is C8H5Cl2NO4. The zero-order valence-electron chi connectivity index (χ0n) is 7.49. The molecular weight excluding hydrogens is 245 g/mol. The van der Waals surface area contributed by atoms with Crippen molar-refractivity contribution >= 4 is 34.1 Å². The van der Waals surface area contributed by atoms with Gasteiger partial charge in [0.15, 0.2) is 0 Å². The Balaban J connectivity index is 3.49. The van der Waals surface area contributed by atoms with Crippen molar-refractivity contribution in [1.82, 2.24) is 0 Å². The summed E-state index contributed by atoms with van der Waals surface area (Å²) in [6.07, 6.45) is 0. The Morgan fingerprint density at radius 1 is 1.53 bits per heavy atom. The first-order valence-corrected chi connectivity index (χ1v) is 4.44. The third kappa shape index (κ3) is 2.37. The molecule has 1 aromatic rings. The fraction of sp³-hybridized carbons (Fsp3) is 0.125. The molecule has 0 aliphatic rings. The van der Waals surface area contributed by atoms with Crippen molar-refractivity contribution in [1.29, 1.82) is 0 Å². The maximum Gasteiger partial charge on any atom is 0.286 e. The van der Waals surface area contributed by atoms with Crippen molar-refractivity contribution in [3.8, 4) is 5.75 Å². The average molecular weight is 250 g/mol. The van der Waals surface area contributed by atoms with E-state index in [0.29, 0.717) is 0 Å². The molecule has 0 fully saturated rings. The third-order valence-corrected chi connectivity index (χ3v) is 2.16. The van der Waals surface area contributed by atoms with Gasteiger partial charge in [-0.2, -0.15) is 0 Å². The number of rotatable bonds is 3. The van der Waals surface area contributed by atoms with E-state index in [4.69, 9.17) is 27.9 Å². The largest absolute Gasteiger partial charge is 0.496 e. The molecule has 0 bridgehead atoms. The lowest BCUT2D eigenvalue weighted by atomic mass is 10.2. The maximum absolute atomic E-state index is 10.9. The number of methoxy groups -OCH3 is 1. The van der Waals surface area contributed by atoms with Gasteiger partial charge in [-0.15, -0.1) is 0 Å². The number of carbonyl (C=O) groups excluding carboxylic acids is 1. The highest BCUT2D eigenvalue weighted by atomic mass is 35.5. The fourth-order valence-electron chi connectivity index (χ4n) is 1.02. The van der Waals surface area contributed by atoms with E-state index in [1.807, 2.05) is 0 Å². The molecule has 0 spiro atoms. The van der Waals surface area contributed by atoms with Crippen LogP contribution < -0.4 is 4.74 Å². The molecule has 7 heteroatoms. The minimum absolute atomic E-state index is 0.110. The number of nitrogens with zero attached hydrogens (tertiary/aromatic N) is 1. The van der Waals surface area contributed by atoms with Gasteiger partial charge >= 0.3 is 0 Å². The Hall–Kier alpha value is -1.33. The summed E-state index contributed by atoms with van der Waals surface area (Å²) in [5.41, 5.74) is -0.802. The average Bonchev–Trinajstić information content (AvgIpc) is 2.15. The van der Waals surface area contributed by atoms with Crippen molar-refractivity contribution in [2.24, 2.45) is 0 Å². The van der Waals surface area contributed by atoms with Crippen molar-refractivity contribution in [3.05, 3.63) is 32.8 Å². The van der Waals surface area contributed by atoms with Crippen LogP contribution in [0.1, 0.15) is 10.4 Å². The van der Waals surface area contributed by atoms with Crippen LogP contribution in [0.2, 0.25) is 5.02 Å². The van der Waals surface area contributed by atoms with E-state index in [2.05, 4.69) is 0 Å².